The molecule has 2 aliphatic heterocycles. The second-order valence-electron chi connectivity index (χ2n) is 10.3. The van der Waals surface area contributed by atoms with Crippen molar-refractivity contribution in [2.75, 3.05) is 26.2 Å². The van der Waals surface area contributed by atoms with E-state index in [0.29, 0.717) is 11.5 Å². The summed E-state index contributed by atoms with van der Waals surface area (Å²) >= 11 is 0. The number of rotatable bonds is 10. The van der Waals surface area contributed by atoms with Gasteiger partial charge in [0.25, 0.3) is 12.3 Å². The average molecular weight is 527 g/mol. The molecule has 2 N–H and O–H groups in total. The van der Waals surface area contributed by atoms with Gasteiger partial charge in [-0.15, -0.1) is 0 Å². The van der Waals surface area contributed by atoms with Crippen molar-refractivity contribution in [2.45, 2.75) is 33.1 Å². The number of primary amides is 1. The van der Waals surface area contributed by atoms with E-state index in [1.54, 1.807) is 38.1 Å². The van der Waals surface area contributed by atoms with E-state index < -0.39 is 47.4 Å². The van der Waals surface area contributed by atoms with Gasteiger partial charge in [0, 0.05) is 19.5 Å². The number of piperidine rings is 1. The van der Waals surface area contributed by atoms with Crippen molar-refractivity contribution in [3.05, 3.63) is 66.2 Å². The molecule has 38 heavy (non-hydrogen) atoms. The molecule has 10 heteroatoms. The number of carbonyl (C=O) groups is 3. The van der Waals surface area contributed by atoms with E-state index in [1.165, 1.54) is 4.90 Å². The van der Waals surface area contributed by atoms with Crippen molar-refractivity contribution in [3.63, 3.8) is 0 Å². The van der Waals surface area contributed by atoms with Crippen LogP contribution in [0.4, 0.5) is 8.78 Å². The van der Waals surface area contributed by atoms with Crippen molar-refractivity contribution >= 4 is 23.4 Å². The fourth-order valence-corrected chi connectivity index (χ4v) is 5.05. The number of fused-ring (bicyclic) bond motifs is 1. The Hall–Kier alpha value is -3.82. The number of halogens is 2. The van der Waals surface area contributed by atoms with Crippen molar-refractivity contribution in [1.82, 2.24) is 9.91 Å². The monoisotopic (exact) mass is 526 g/mol. The molecule has 0 radical (unpaired) electrons. The summed E-state index contributed by atoms with van der Waals surface area (Å²) in [6, 6.07) is 18.1. The number of para-hydroxylation sites is 1. The van der Waals surface area contributed by atoms with Crippen LogP contribution in [0.25, 0.3) is 0 Å². The van der Waals surface area contributed by atoms with Gasteiger partial charge < -0.3 is 15.4 Å². The van der Waals surface area contributed by atoms with Gasteiger partial charge in [0.05, 0.1) is 17.0 Å². The number of hydrogen-bond acceptors (Lipinski definition) is 5. The van der Waals surface area contributed by atoms with Gasteiger partial charge in [0.2, 0.25) is 11.8 Å². The largest absolute Gasteiger partial charge is 0.493 e. The van der Waals surface area contributed by atoms with Crippen LogP contribution in [0.1, 0.15) is 25.8 Å². The Balaban J connectivity index is 1.64. The normalized spacial score (nSPS) is 20.2. The van der Waals surface area contributed by atoms with Crippen LogP contribution in [0, 0.1) is 16.7 Å². The molecular weight excluding hydrogens is 494 g/mol. The summed E-state index contributed by atoms with van der Waals surface area (Å²) in [5.74, 6) is -2.02. The standard InChI is InChI=1S/C28H32F2N4O4/c1-27(2,25(31)36)21(17-38-20-11-7-4-8-12-20)24(35)33-14-13-22-28(18-33,15-19-9-5-3-6-10-19)26(37)34(32-22)16-23(29)30/h3-12,21,23H,13-18H2,1-2H3,(H2,31,36)/t21-,28-/m1/s1. The molecule has 2 aromatic carbocycles. The smallest absolute Gasteiger partial charge is 0.258 e. The van der Waals surface area contributed by atoms with Crippen molar-refractivity contribution < 1.29 is 27.9 Å². The van der Waals surface area contributed by atoms with Crippen LogP contribution < -0.4 is 10.5 Å². The minimum Gasteiger partial charge on any atom is -0.493 e. The number of ether oxygens (including phenoxy) is 1. The summed E-state index contributed by atoms with van der Waals surface area (Å²) in [6.07, 6.45) is -2.29. The average Bonchev–Trinajstić information content (AvgIpc) is 3.14. The third-order valence-corrected chi connectivity index (χ3v) is 7.45. The highest BCUT2D eigenvalue weighted by atomic mass is 19.3. The zero-order valence-electron chi connectivity index (χ0n) is 21.5. The number of carbonyl (C=O) groups excluding carboxylic acids is 3. The van der Waals surface area contributed by atoms with Gasteiger partial charge in [0.15, 0.2) is 0 Å². The maximum atomic E-state index is 14.0. The van der Waals surface area contributed by atoms with Crippen molar-refractivity contribution in [3.8, 4) is 5.75 Å². The third-order valence-electron chi connectivity index (χ3n) is 7.45. The van der Waals surface area contributed by atoms with Crippen LogP contribution in [0.5, 0.6) is 5.75 Å². The Morgan fingerprint density at radius 2 is 1.74 bits per heavy atom. The molecular formula is C28H32F2N4O4. The first-order valence-electron chi connectivity index (χ1n) is 12.5. The number of amides is 3. The first-order chi connectivity index (χ1) is 18.0. The van der Waals surface area contributed by atoms with Gasteiger partial charge in [-0.3, -0.25) is 14.4 Å². The van der Waals surface area contributed by atoms with Crippen LogP contribution in [0.3, 0.4) is 0 Å². The summed E-state index contributed by atoms with van der Waals surface area (Å²) in [7, 11) is 0. The molecule has 0 bridgehead atoms. The minimum atomic E-state index is -2.74. The minimum absolute atomic E-state index is 0.0468. The Kier molecular flexibility index (Phi) is 7.80. The molecule has 0 aliphatic carbocycles. The van der Waals surface area contributed by atoms with Crippen LogP contribution in [0.2, 0.25) is 0 Å². The molecule has 2 aromatic rings. The van der Waals surface area contributed by atoms with Crippen LogP contribution in [-0.2, 0) is 20.8 Å². The number of hydrazone groups is 1. The van der Waals surface area contributed by atoms with E-state index in [2.05, 4.69) is 5.10 Å². The van der Waals surface area contributed by atoms with Gasteiger partial charge in [-0.25, -0.2) is 13.8 Å². The highest BCUT2D eigenvalue weighted by Crippen LogP contribution is 2.40. The predicted octanol–water partition coefficient (Wildman–Crippen LogP) is 3.12. The van der Waals surface area contributed by atoms with Crippen LogP contribution in [-0.4, -0.2) is 66.0 Å². The number of benzene rings is 2. The summed E-state index contributed by atoms with van der Waals surface area (Å²) in [5, 5.41) is 5.11. The second-order valence-corrected chi connectivity index (χ2v) is 10.3. The van der Waals surface area contributed by atoms with E-state index in [4.69, 9.17) is 10.5 Å². The number of likely N-dealkylation sites (tertiary alicyclic amines) is 1. The molecule has 0 aromatic heterocycles. The molecule has 2 heterocycles. The Morgan fingerprint density at radius 1 is 1.11 bits per heavy atom. The fraction of sp³-hybridized carbons (Fsp3) is 0.429. The molecule has 0 spiro atoms. The number of nitrogens with zero attached hydrogens (tertiary/aromatic N) is 3. The zero-order valence-corrected chi connectivity index (χ0v) is 21.5. The number of alkyl halides is 2. The van der Waals surface area contributed by atoms with Gasteiger partial charge in [-0.05, 0) is 24.1 Å². The topological polar surface area (TPSA) is 105 Å². The summed E-state index contributed by atoms with van der Waals surface area (Å²) in [5.41, 5.74) is 4.47. The SMILES string of the molecule is CC(C)(C(N)=O)[C@H](COc1ccccc1)C(=O)N1CCC2=NN(CC(F)F)C(=O)[C@]2(Cc2ccccc2)C1. The molecule has 1 fully saturated rings. The lowest BCUT2D eigenvalue weighted by molar-refractivity contribution is -0.150. The lowest BCUT2D eigenvalue weighted by Crippen LogP contribution is -2.59. The maximum Gasteiger partial charge on any atom is 0.258 e. The van der Waals surface area contributed by atoms with Gasteiger partial charge in [-0.1, -0.05) is 62.4 Å². The molecule has 2 atom stereocenters. The Bertz CT molecular complexity index is 1210. The molecule has 0 unspecified atom stereocenters. The summed E-state index contributed by atoms with van der Waals surface area (Å²) < 4.78 is 32.4. The molecule has 3 amide bonds. The molecule has 1 saturated heterocycles. The first-order valence-corrected chi connectivity index (χ1v) is 12.5. The fourth-order valence-electron chi connectivity index (χ4n) is 5.05. The molecule has 4 rings (SSSR count). The second kappa shape index (κ2) is 10.9. The highest BCUT2D eigenvalue weighted by molar-refractivity contribution is 6.13. The first kappa shape index (κ1) is 27.2. The van der Waals surface area contributed by atoms with E-state index in [1.807, 2.05) is 36.4 Å². The molecule has 8 nitrogen and oxygen atoms in total. The number of hydrogen-bond donors (Lipinski definition) is 1. The highest BCUT2D eigenvalue weighted by Gasteiger charge is 2.55. The van der Waals surface area contributed by atoms with Crippen LogP contribution in [0.15, 0.2) is 65.8 Å². The lowest BCUT2D eigenvalue weighted by Gasteiger charge is -2.42. The van der Waals surface area contributed by atoms with E-state index in [9.17, 15) is 23.2 Å². The van der Waals surface area contributed by atoms with E-state index in [0.717, 1.165) is 10.6 Å². The molecule has 2 aliphatic rings. The van der Waals surface area contributed by atoms with E-state index >= 15 is 0 Å². The third kappa shape index (κ3) is 5.39. The quantitative estimate of drug-likeness (QED) is 0.514. The number of nitrogens with two attached hydrogens (primary N) is 1. The van der Waals surface area contributed by atoms with Crippen molar-refractivity contribution in [1.29, 1.82) is 0 Å². The zero-order chi connectivity index (χ0) is 27.5. The lowest BCUT2D eigenvalue weighted by atomic mass is 9.72. The van der Waals surface area contributed by atoms with Gasteiger partial charge >= 0.3 is 0 Å². The summed E-state index contributed by atoms with van der Waals surface area (Å²) in [4.78, 5) is 41.5. The van der Waals surface area contributed by atoms with Gasteiger partial charge in [-0.2, -0.15) is 5.10 Å². The molecule has 202 valence electrons. The van der Waals surface area contributed by atoms with E-state index in [-0.39, 0.29) is 32.5 Å². The predicted molar refractivity (Wildman–Crippen MR) is 137 cm³/mol. The van der Waals surface area contributed by atoms with Crippen molar-refractivity contribution in [2.24, 2.45) is 27.6 Å². The maximum absolute atomic E-state index is 14.0. The molecule has 0 saturated carbocycles. The summed E-state index contributed by atoms with van der Waals surface area (Å²) in [6.45, 7) is 2.44. The van der Waals surface area contributed by atoms with Crippen LogP contribution >= 0.6 is 0 Å². The van der Waals surface area contributed by atoms with Gasteiger partial charge in [0.1, 0.15) is 24.3 Å². The Morgan fingerprint density at radius 3 is 2.34 bits per heavy atom. The Labute approximate surface area is 220 Å².